The van der Waals surface area contributed by atoms with Crippen LogP contribution < -0.4 is 10.6 Å². The number of anilines is 1. The molecule has 0 aromatic carbocycles. The number of amidine groups is 1. The lowest BCUT2D eigenvalue weighted by Gasteiger charge is -2.26. The quantitative estimate of drug-likeness (QED) is 0.323. The average molecular weight is 264 g/mol. The van der Waals surface area contributed by atoms with Gasteiger partial charge in [-0.2, -0.15) is 0 Å². The number of aromatic nitrogens is 1. The molecule has 1 aromatic heterocycles. The fourth-order valence-corrected chi connectivity index (χ4v) is 2.57. The minimum Gasteiger partial charge on any atom is -0.409 e. The van der Waals surface area contributed by atoms with E-state index in [1.807, 2.05) is 6.92 Å². The minimum atomic E-state index is 0.0690. The van der Waals surface area contributed by atoms with E-state index in [2.05, 4.69) is 22.0 Å². The molecule has 19 heavy (non-hydrogen) atoms. The topological polar surface area (TPSA) is 95.0 Å². The number of pyridine rings is 1. The Balaban J connectivity index is 2.37. The van der Waals surface area contributed by atoms with Crippen molar-refractivity contribution in [2.24, 2.45) is 16.8 Å². The lowest BCUT2D eigenvalue weighted by molar-refractivity contribution is 0.244. The molecule has 4 N–H and O–H groups in total. The first kappa shape index (κ1) is 13.6. The van der Waals surface area contributed by atoms with Crippen LogP contribution in [-0.4, -0.2) is 40.3 Å². The van der Waals surface area contributed by atoms with Crippen molar-refractivity contribution in [1.82, 2.24) is 4.98 Å². The first-order valence-corrected chi connectivity index (χ1v) is 6.41. The van der Waals surface area contributed by atoms with Gasteiger partial charge in [0.1, 0.15) is 5.82 Å². The molecule has 0 radical (unpaired) electrons. The van der Waals surface area contributed by atoms with Crippen LogP contribution in [0.4, 0.5) is 5.82 Å². The van der Waals surface area contributed by atoms with E-state index < -0.39 is 0 Å². The fourth-order valence-electron chi connectivity index (χ4n) is 2.57. The second-order valence-electron chi connectivity index (χ2n) is 5.05. The molecule has 6 heteroatoms. The third kappa shape index (κ3) is 2.63. The van der Waals surface area contributed by atoms with E-state index in [9.17, 15) is 5.11 Å². The molecule has 1 fully saturated rings. The van der Waals surface area contributed by atoms with Gasteiger partial charge in [0.2, 0.25) is 0 Å². The van der Waals surface area contributed by atoms with Crippen molar-refractivity contribution >= 4 is 11.7 Å². The molecule has 1 saturated heterocycles. The van der Waals surface area contributed by atoms with E-state index in [1.165, 1.54) is 0 Å². The van der Waals surface area contributed by atoms with Crippen LogP contribution >= 0.6 is 0 Å². The highest BCUT2D eigenvalue weighted by molar-refractivity contribution is 5.97. The van der Waals surface area contributed by atoms with E-state index in [0.29, 0.717) is 11.5 Å². The van der Waals surface area contributed by atoms with Crippen LogP contribution in [0.15, 0.2) is 17.3 Å². The maximum absolute atomic E-state index is 9.50. The molecular weight excluding hydrogens is 244 g/mol. The highest BCUT2D eigenvalue weighted by Crippen LogP contribution is 2.28. The van der Waals surface area contributed by atoms with E-state index in [-0.39, 0.29) is 18.5 Å². The van der Waals surface area contributed by atoms with Crippen LogP contribution in [0.25, 0.3) is 0 Å². The predicted molar refractivity (Wildman–Crippen MR) is 73.5 cm³/mol. The largest absolute Gasteiger partial charge is 0.409 e. The summed E-state index contributed by atoms with van der Waals surface area (Å²) in [5, 5.41) is 21.3. The van der Waals surface area contributed by atoms with Crippen LogP contribution in [0.2, 0.25) is 0 Å². The molecule has 0 saturated carbocycles. The van der Waals surface area contributed by atoms with Crippen LogP contribution in [0, 0.1) is 12.8 Å². The molecule has 1 aromatic rings. The maximum atomic E-state index is 9.50. The van der Waals surface area contributed by atoms with Crippen molar-refractivity contribution in [2.45, 2.75) is 26.3 Å². The number of oxime groups is 1. The first-order chi connectivity index (χ1) is 9.06. The van der Waals surface area contributed by atoms with Gasteiger partial charge in [-0.3, -0.25) is 0 Å². The Kier molecular flexibility index (Phi) is 3.90. The second-order valence-corrected chi connectivity index (χ2v) is 5.05. The van der Waals surface area contributed by atoms with Crippen molar-refractivity contribution in [2.75, 3.05) is 18.1 Å². The normalized spacial score (nSPS) is 23.9. The summed E-state index contributed by atoms with van der Waals surface area (Å²) in [5.41, 5.74) is 7.07. The predicted octanol–water partition coefficient (Wildman–Crippen LogP) is 0.692. The van der Waals surface area contributed by atoms with Crippen molar-refractivity contribution < 1.29 is 10.3 Å². The van der Waals surface area contributed by atoms with Gasteiger partial charge in [-0.1, -0.05) is 12.1 Å². The van der Waals surface area contributed by atoms with Crippen LogP contribution in [0.3, 0.4) is 0 Å². The molecule has 0 spiro atoms. The Morgan fingerprint density at radius 2 is 2.32 bits per heavy atom. The monoisotopic (exact) mass is 264 g/mol. The second kappa shape index (κ2) is 5.44. The van der Waals surface area contributed by atoms with E-state index in [4.69, 9.17) is 10.9 Å². The summed E-state index contributed by atoms with van der Waals surface area (Å²) in [6.45, 7) is 4.96. The maximum Gasteiger partial charge on any atom is 0.170 e. The van der Waals surface area contributed by atoms with Crippen LogP contribution in [0.1, 0.15) is 24.6 Å². The molecule has 0 bridgehead atoms. The van der Waals surface area contributed by atoms with Gasteiger partial charge in [-0.15, -0.1) is 0 Å². The summed E-state index contributed by atoms with van der Waals surface area (Å²) in [6, 6.07) is 3.64. The number of aryl methyl sites for hydroxylation is 1. The third-order valence-electron chi connectivity index (χ3n) is 3.71. The van der Waals surface area contributed by atoms with Crippen LogP contribution in [-0.2, 0) is 0 Å². The number of nitrogens with zero attached hydrogens (tertiary/aromatic N) is 3. The summed E-state index contributed by atoms with van der Waals surface area (Å²) < 4.78 is 0. The van der Waals surface area contributed by atoms with Gasteiger partial charge in [-0.25, -0.2) is 4.98 Å². The molecule has 2 heterocycles. The van der Waals surface area contributed by atoms with Gasteiger partial charge in [-0.05, 0) is 31.4 Å². The zero-order chi connectivity index (χ0) is 14.0. The number of nitrogens with two attached hydrogens (primary N) is 1. The highest BCUT2D eigenvalue weighted by atomic mass is 16.4. The minimum absolute atomic E-state index is 0.0690. The van der Waals surface area contributed by atoms with Crippen LogP contribution in [0.5, 0.6) is 0 Å². The Bertz CT molecular complexity index is 490. The fraction of sp³-hybridized carbons (Fsp3) is 0.538. The number of hydrogen-bond donors (Lipinski definition) is 3. The smallest absolute Gasteiger partial charge is 0.170 e. The third-order valence-corrected chi connectivity index (χ3v) is 3.71. The van der Waals surface area contributed by atoms with Gasteiger partial charge in [0.25, 0.3) is 0 Å². The van der Waals surface area contributed by atoms with Crippen molar-refractivity contribution in [1.29, 1.82) is 0 Å². The average Bonchev–Trinajstić information content (AvgIpc) is 2.78. The molecule has 2 atom stereocenters. The lowest BCUT2D eigenvalue weighted by atomic mass is 10.0. The first-order valence-electron chi connectivity index (χ1n) is 6.41. The van der Waals surface area contributed by atoms with Gasteiger partial charge in [0.05, 0.1) is 12.6 Å². The number of rotatable bonds is 3. The van der Waals surface area contributed by atoms with E-state index in [1.54, 1.807) is 12.1 Å². The SMILES string of the molecule is Cc1cc(/C(N)=N/O)cc(N2CCC(C)C2CO)n1. The Morgan fingerprint density at radius 3 is 2.95 bits per heavy atom. The van der Waals surface area contributed by atoms with E-state index in [0.717, 1.165) is 24.5 Å². The number of aliphatic hydroxyl groups is 1. The van der Waals surface area contributed by atoms with Gasteiger partial charge in [0, 0.05) is 17.8 Å². The van der Waals surface area contributed by atoms with Crippen molar-refractivity contribution in [3.63, 3.8) is 0 Å². The summed E-state index contributed by atoms with van der Waals surface area (Å²) in [5.74, 6) is 1.27. The Hall–Kier alpha value is -1.82. The van der Waals surface area contributed by atoms with Gasteiger partial charge < -0.3 is 20.9 Å². The Morgan fingerprint density at radius 1 is 1.58 bits per heavy atom. The molecule has 2 unspecified atom stereocenters. The highest BCUT2D eigenvalue weighted by Gasteiger charge is 2.31. The zero-order valence-electron chi connectivity index (χ0n) is 11.2. The number of aliphatic hydroxyl groups excluding tert-OH is 1. The molecular formula is C13H20N4O2. The summed E-state index contributed by atoms with van der Waals surface area (Å²) in [7, 11) is 0. The molecule has 1 aliphatic rings. The standard InChI is InChI=1S/C13H20N4O2/c1-8-3-4-17(11(8)7-18)12-6-10(13(14)16-19)5-9(2)15-12/h5-6,8,11,18-19H,3-4,7H2,1-2H3,(H2,14,16). The molecule has 0 amide bonds. The molecule has 1 aliphatic heterocycles. The molecule has 6 nitrogen and oxygen atoms in total. The number of hydrogen-bond acceptors (Lipinski definition) is 5. The van der Waals surface area contributed by atoms with E-state index >= 15 is 0 Å². The van der Waals surface area contributed by atoms with Gasteiger partial charge in [0.15, 0.2) is 5.84 Å². The Labute approximate surface area is 112 Å². The summed E-state index contributed by atoms with van der Waals surface area (Å²) in [4.78, 5) is 6.58. The molecule has 0 aliphatic carbocycles. The van der Waals surface area contributed by atoms with Crippen molar-refractivity contribution in [3.8, 4) is 0 Å². The van der Waals surface area contributed by atoms with Gasteiger partial charge >= 0.3 is 0 Å². The summed E-state index contributed by atoms with van der Waals surface area (Å²) >= 11 is 0. The van der Waals surface area contributed by atoms with Crippen molar-refractivity contribution in [3.05, 3.63) is 23.4 Å². The molecule has 2 rings (SSSR count). The molecule has 104 valence electrons. The summed E-state index contributed by atoms with van der Waals surface area (Å²) in [6.07, 6.45) is 1.03. The lowest BCUT2D eigenvalue weighted by Crippen LogP contribution is -2.36. The zero-order valence-corrected chi connectivity index (χ0v) is 11.2.